The molecule has 82 valence electrons. The SMILES string of the molecule is NC1C(O)CCCN1Cc1ccccc1. The Labute approximate surface area is 90.5 Å². The Hall–Kier alpha value is -0.900. The Kier molecular flexibility index (Phi) is 3.36. The van der Waals surface area contributed by atoms with Crippen LogP contribution in [0.1, 0.15) is 18.4 Å². The number of benzene rings is 1. The zero-order valence-corrected chi connectivity index (χ0v) is 8.84. The molecule has 0 radical (unpaired) electrons. The molecule has 15 heavy (non-hydrogen) atoms. The van der Waals surface area contributed by atoms with Gasteiger partial charge in [0.25, 0.3) is 0 Å². The molecule has 0 bridgehead atoms. The van der Waals surface area contributed by atoms with Crippen LogP contribution in [-0.2, 0) is 6.54 Å². The molecule has 1 saturated heterocycles. The molecule has 3 N–H and O–H groups in total. The average molecular weight is 206 g/mol. The van der Waals surface area contributed by atoms with E-state index in [1.165, 1.54) is 5.56 Å². The first-order valence-corrected chi connectivity index (χ1v) is 5.49. The third-order valence-electron chi connectivity index (χ3n) is 2.99. The molecule has 2 unspecified atom stereocenters. The molecule has 2 atom stereocenters. The standard InChI is InChI=1S/C12H18N2O/c13-12-11(15)7-4-8-14(12)9-10-5-2-1-3-6-10/h1-3,5-6,11-12,15H,4,7-9,13H2. The zero-order valence-electron chi connectivity index (χ0n) is 8.84. The van der Waals surface area contributed by atoms with Gasteiger partial charge in [-0.15, -0.1) is 0 Å². The predicted octanol–water partition coefficient (Wildman–Crippen LogP) is 0.928. The minimum absolute atomic E-state index is 0.209. The molecular formula is C12H18N2O. The molecule has 0 aliphatic carbocycles. The van der Waals surface area contributed by atoms with Gasteiger partial charge in [-0.25, -0.2) is 0 Å². The van der Waals surface area contributed by atoms with Crippen LogP contribution in [0.5, 0.6) is 0 Å². The van der Waals surface area contributed by atoms with Crippen LogP contribution in [0.4, 0.5) is 0 Å². The lowest BCUT2D eigenvalue weighted by Gasteiger charge is -2.36. The number of piperidine rings is 1. The van der Waals surface area contributed by atoms with Crippen molar-refractivity contribution in [3.05, 3.63) is 35.9 Å². The molecule has 0 spiro atoms. The van der Waals surface area contributed by atoms with Gasteiger partial charge in [-0.05, 0) is 18.4 Å². The van der Waals surface area contributed by atoms with Gasteiger partial charge in [0.1, 0.15) is 0 Å². The second-order valence-corrected chi connectivity index (χ2v) is 4.16. The Morgan fingerprint density at radius 2 is 2.07 bits per heavy atom. The Bertz CT molecular complexity index is 302. The Morgan fingerprint density at radius 1 is 1.33 bits per heavy atom. The summed E-state index contributed by atoms with van der Waals surface area (Å²) in [5, 5.41) is 9.66. The fourth-order valence-corrected chi connectivity index (χ4v) is 2.07. The number of aliphatic hydroxyl groups excluding tert-OH is 1. The molecule has 3 heteroatoms. The summed E-state index contributed by atoms with van der Waals surface area (Å²) >= 11 is 0. The van der Waals surface area contributed by atoms with Gasteiger partial charge in [-0.3, -0.25) is 4.90 Å². The molecule has 1 heterocycles. The second kappa shape index (κ2) is 4.75. The average Bonchev–Trinajstić information content (AvgIpc) is 2.26. The highest BCUT2D eigenvalue weighted by molar-refractivity contribution is 5.14. The Balaban J connectivity index is 1.99. The van der Waals surface area contributed by atoms with Gasteiger partial charge in [0.2, 0.25) is 0 Å². The van der Waals surface area contributed by atoms with Gasteiger partial charge in [-0.2, -0.15) is 0 Å². The maximum atomic E-state index is 9.66. The number of nitrogens with two attached hydrogens (primary N) is 1. The molecule has 1 aliphatic heterocycles. The van der Waals surface area contributed by atoms with Gasteiger partial charge >= 0.3 is 0 Å². The van der Waals surface area contributed by atoms with Crippen molar-refractivity contribution in [1.29, 1.82) is 0 Å². The smallest absolute Gasteiger partial charge is 0.0842 e. The highest BCUT2D eigenvalue weighted by Gasteiger charge is 2.26. The lowest BCUT2D eigenvalue weighted by molar-refractivity contribution is 0.00963. The fourth-order valence-electron chi connectivity index (χ4n) is 2.07. The first-order chi connectivity index (χ1) is 7.27. The van der Waals surface area contributed by atoms with Crippen molar-refractivity contribution in [2.75, 3.05) is 6.54 Å². The normalized spacial score (nSPS) is 27.9. The highest BCUT2D eigenvalue weighted by atomic mass is 16.3. The van der Waals surface area contributed by atoms with E-state index in [2.05, 4.69) is 17.0 Å². The minimum atomic E-state index is -0.373. The van der Waals surface area contributed by atoms with Gasteiger partial charge in [0, 0.05) is 13.1 Å². The molecule has 1 fully saturated rings. The highest BCUT2D eigenvalue weighted by Crippen LogP contribution is 2.16. The topological polar surface area (TPSA) is 49.5 Å². The van der Waals surface area contributed by atoms with Crippen molar-refractivity contribution in [3.63, 3.8) is 0 Å². The van der Waals surface area contributed by atoms with Crippen LogP contribution in [0.3, 0.4) is 0 Å². The van der Waals surface area contributed by atoms with E-state index in [1.54, 1.807) is 0 Å². The van der Waals surface area contributed by atoms with Gasteiger partial charge < -0.3 is 10.8 Å². The second-order valence-electron chi connectivity index (χ2n) is 4.16. The molecule has 3 nitrogen and oxygen atoms in total. The number of aliphatic hydroxyl groups is 1. The van der Waals surface area contributed by atoms with Crippen molar-refractivity contribution in [1.82, 2.24) is 4.90 Å². The lowest BCUT2D eigenvalue weighted by Crippen LogP contribution is -2.53. The monoisotopic (exact) mass is 206 g/mol. The summed E-state index contributed by atoms with van der Waals surface area (Å²) in [4.78, 5) is 2.14. The van der Waals surface area contributed by atoms with Crippen LogP contribution in [0.15, 0.2) is 30.3 Å². The third-order valence-corrected chi connectivity index (χ3v) is 2.99. The van der Waals surface area contributed by atoms with Crippen LogP contribution >= 0.6 is 0 Å². The van der Waals surface area contributed by atoms with E-state index in [9.17, 15) is 5.11 Å². The maximum Gasteiger partial charge on any atom is 0.0842 e. The van der Waals surface area contributed by atoms with Crippen molar-refractivity contribution in [2.45, 2.75) is 31.7 Å². The van der Waals surface area contributed by atoms with E-state index in [0.29, 0.717) is 0 Å². The van der Waals surface area contributed by atoms with Crippen molar-refractivity contribution < 1.29 is 5.11 Å². The summed E-state index contributed by atoms with van der Waals surface area (Å²) in [6, 6.07) is 10.2. The van der Waals surface area contributed by atoms with Crippen LogP contribution in [0, 0.1) is 0 Å². The summed E-state index contributed by atoms with van der Waals surface area (Å²) in [7, 11) is 0. The van der Waals surface area contributed by atoms with E-state index < -0.39 is 0 Å². The summed E-state index contributed by atoms with van der Waals surface area (Å²) in [5.74, 6) is 0. The quantitative estimate of drug-likeness (QED) is 0.756. The first-order valence-electron chi connectivity index (χ1n) is 5.49. The Morgan fingerprint density at radius 3 is 2.80 bits per heavy atom. The van der Waals surface area contributed by atoms with E-state index >= 15 is 0 Å². The minimum Gasteiger partial charge on any atom is -0.390 e. The van der Waals surface area contributed by atoms with Crippen LogP contribution < -0.4 is 5.73 Å². The molecule has 2 rings (SSSR count). The molecule has 0 saturated carbocycles. The molecular weight excluding hydrogens is 188 g/mol. The van der Waals surface area contributed by atoms with E-state index in [1.807, 2.05) is 18.2 Å². The van der Waals surface area contributed by atoms with E-state index in [0.717, 1.165) is 25.9 Å². The lowest BCUT2D eigenvalue weighted by atomic mass is 10.0. The maximum absolute atomic E-state index is 9.66. The summed E-state index contributed by atoms with van der Waals surface area (Å²) < 4.78 is 0. The van der Waals surface area contributed by atoms with E-state index in [4.69, 9.17) is 5.73 Å². The van der Waals surface area contributed by atoms with Crippen LogP contribution in [0.25, 0.3) is 0 Å². The van der Waals surface area contributed by atoms with Crippen LogP contribution in [-0.4, -0.2) is 28.8 Å². The predicted molar refractivity (Wildman–Crippen MR) is 60.1 cm³/mol. The summed E-state index contributed by atoms with van der Waals surface area (Å²) in [6.45, 7) is 1.81. The summed E-state index contributed by atoms with van der Waals surface area (Å²) in [5.41, 5.74) is 7.20. The third kappa shape index (κ3) is 2.56. The molecule has 0 aromatic heterocycles. The first kappa shape index (κ1) is 10.6. The van der Waals surface area contributed by atoms with Crippen molar-refractivity contribution in [3.8, 4) is 0 Å². The zero-order chi connectivity index (χ0) is 10.7. The molecule has 1 aromatic carbocycles. The van der Waals surface area contributed by atoms with Crippen molar-refractivity contribution in [2.24, 2.45) is 5.73 Å². The summed E-state index contributed by atoms with van der Waals surface area (Å²) in [6.07, 6.45) is 1.27. The van der Waals surface area contributed by atoms with Crippen LogP contribution in [0.2, 0.25) is 0 Å². The van der Waals surface area contributed by atoms with E-state index in [-0.39, 0.29) is 12.3 Å². The van der Waals surface area contributed by atoms with Gasteiger partial charge in [-0.1, -0.05) is 30.3 Å². The van der Waals surface area contributed by atoms with Gasteiger partial charge in [0.05, 0.1) is 12.3 Å². The largest absolute Gasteiger partial charge is 0.390 e. The molecule has 0 amide bonds. The fraction of sp³-hybridized carbons (Fsp3) is 0.500. The number of hydrogen-bond acceptors (Lipinski definition) is 3. The number of likely N-dealkylation sites (tertiary alicyclic amines) is 1. The van der Waals surface area contributed by atoms with Gasteiger partial charge in [0.15, 0.2) is 0 Å². The van der Waals surface area contributed by atoms with Crippen molar-refractivity contribution >= 4 is 0 Å². The number of rotatable bonds is 2. The molecule has 1 aromatic rings. The molecule has 1 aliphatic rings. The number of nitrogens with zero attached hydrogens (tertiary/aromatic N) is 1. The number of hydrogen-bond donors (Lipinski definition) is 2.